The Balaban J connectivity index is 1.91. The first-order valence-electron chi connectivity index (χ1n) is 7.72. The van der Waals surface area contributed by atoms with Crippen LogP contribution in [0, 0.1) is 0 Å². The summed E-state index contributed by atoms with van der Waals surface area (Å²) in [5, 5.41) is 3.65. The third kappa shape index (κ3) is 1.45. The molecule has 2 aromatic rings. The predicted molar refractivity (Wildman–Crippen MR) is 82.7 cm³/mol. The van der Waals surface area contributed by atoms with Gasteiger partial charge in [0.25, 0.3) is 0 Å². The molecule has 0 fully saturated rings. The average Bonchev–Trinajstić information content (AvgIpc) is 3.04. The Morgan fingerprint density at radius 2 is 2.05 bits per heavy atom. The van der Waals surface area contributed by atoms with Crippen molar-refractivity contribution in [1.82, 2.24) is 5.32 Å². The molecule has 2 heterocycles. The van der Waals surface area contributed by atoms with Gasteiger partial charge in [-0.2, -0.15) is 0 Å². The Labute approximate surface area is 129 Å². The first kappa shape index (κ1) is 12.4. The minimum atomic E-state index is 0.266. The SMILES string of the molecule is COc1c2c3c(c4c1OCO4)-c1ccccc1C[C@H]3NCC2. The molecule has 22 heavy (non-hydrogen) atoms. The fourth-order valence-electron chi connectivity index (χ4n) is 4.09. The fraction of sp³-hybridized carbons (Fsp3) is 0.333. The molecule has 0 amide bonds. The number of hydrogen-bond donors (Lipinski definition) is 1. The molecule has 1 aliphatic carbocycles. The summed E-state index contributed by atoms with van der Waals surface area (Å²) in [6.07, 6.45) is 1.97. The minimum absolute atomic E-state index is 0.266. The number of rotatable bonds is 1. The van der Waals surface area contributed by atoms with E-state index in [1.807, 2.05) is 0 Å². The van der Waals surface area contributed by atoms with Crippen molar-refractivity contribution < 1.29 is 14.2 Å². The van der Waals surface area contributed by atoms with Crippen molar-refractivity contribution in [2.75, 3.05) is 20.4 Å². The lowest BCUT2D eigenvalue weighted by molar-refractivity contribution is 0.171. The second-order valence-corrected chi connectivity index (χ2v) is 5.98. The highest BCUT2D eigenvalue weighted by Crippen LogP contribution is 2.56. The van der Waals surface area contributed by atoms with Crippen molar-refractivity contribution in [3.05, 3.63) is 41.0 Å². The van der Waals surface area contributed by atoms with Gasteiger partial charge in [-0.05, 0) is 36.1 Å². The zero-order valence-electron chi connectivity index (χ0n) is 12.4. The van der Waals surface area contributed by atoms with E-state index in [2.05, 4.69) is 29.6 Å². The number of hydrogen-bond acceptors (Lipinski definition) is 4. The second kappa shape index (κ2) is 4.40. The lowest BCUT2D eigenvalue weighted by atomic mass is 9.77. The highest BCUT2D eigenvalue weighted by atomic mass is 16.7. The summed E-state index contributed by atoms with van der Waals surface area (Å²) in [6.45, 7) is 1.23. The summed E-state index contributed by atoms with van der Waals surface area (Å²) in [4.78, 5) is 0. The van der Waals surface area contributed by atoms with Crippen LogP contribution < -0.4 is 19.5 Å². The molecule has 0 spiro atoms. The molecule has 0 saturated heterocycles. The maximum atomic E-state index is 5.84. The Kier molecular flexibility index (Phi) is 2.47. The van der Waals surface area contributed by atoms with Crippen molar-refractivity contribution in [2.24, 2.45) is 0 Å². The molecule has 2 aliphatic heterocycles. The highest BCUT2D eigenvalue weighted by molar-refractivity contribution is 5.86. The second-order valence-electron chi connectivity index (χ2n) is 5.98. The smallest absolute Gasteiger partial charge is 0.231 e. The van der Waals surface area contributed by atoms with Gasteiger partial charge in [0.2, 0.25) is 12.5 Å². The molecular weight excluding hydrogens is 278 g/mol. The zero-order chi connectivity index (χ0) is 14.7. The summed E-state index contributed by atoms with van der Waals surface area (Å²) in [7, 11) is 1.72. The van der Waals surface area contributed by atoms with Crippen LogP contribution in [0.15, 0.2) is 24.3 Å². The van der Waals surface area contributed by atoms with Gasteiger partial charge in [0.1, 0.15) is 0 Å². The first-order chi connectivity index (χ1) is 10.9. The van der Waals surface area contributed by atoms with Crippen molar-refractivity contribution in [3.8, 4) is 28.4 Å². The van der Waals surface area contributed by atoms with E-state index in [0.29, 0.717) is 6.04 Å². The van der Waals surface area contributed by atoms with Crippen LogP contribution >= 0.6 is 0 Å². The van der Waals surface area contributed by atoms with E-state index in [1.165, 1.54) is 27.8 Å². The summed E-state index contributed by atoms with van der Waals surface area (Å²) in [5.74, 6) is 2.47. The molecule has 2 aromatic carbocycles. The first-order valence-corrected chi connectivity index (χ1v) is 7.72. The van der Waals surface area contributed by atoms with E-state index in [9.17, 15) is 0 Å². The summed E-state index contributed by atoms with van der Waals surface area (Å²) in [6, 6.07) is 8.92. The van der Waals surface area contributed by atoms with Crippen LogP contribution in [-0.4, -0.2) is 20.4 Å². The van der Waals surface area contributed by atoms with Crippen molar-refractivity contribution in [1.29, 1.82) is 0 Å². The van der Waals surface area contributed by atoms with Crippen LogP contribution in [0.2, 0.25) is 0 Å². The molecule has 0 bridgehead atoms. The molecule has 0 saturated carbocycles. The topological polar surface area (TPSA) is 39.7 Å². The van der Waals surface area contributed by atoms with Gasteiger partial charge in [-0.1, -0.05) is 24.3 Å². The fourth-order valence-corrected chi connectivity index (χ4v) is 4.09. The number of methoxy groups -OCH3 is 1. The summed E-state index contributed by atoms with van der Waals surface area (Å²) >= 11 is 0. The molecule has 4 nitrogen and oxygen atoms in total. The quantitative estimate of drug-likeness (QED) is 0.878. The molecule has 0 radical (unpaired) electrons. The predicted octanol–water partition coefficient (Wildman–Crippen LogP) is 2.83. The van der Waals surface area contributed by atoms with Crippen molar-refractivity contribution in [2.45, 2.75) is 18.9 Å². The van der Waals surface area contributed by atoms with Crippen molar-refractivity contribution in [3.63, 3.8) is 0 Å². The standard InChI is InChI=1S/C18H17NO3/c1-20-16-12-6-7-19-13-8-10-4-2-3-5-11(10)15(14(12)13)17-18(16)22-9-21-17/h2-5,13,19H,6-9H2,1H3/t13-/m1/s1. The van der Waals surface area contributed by atoms with Gasteiger partial charge in [0.15, 0.2) is 11.5 Å². The van der Waals surface area contributed by atoms with E-state index in [1.54, 1.807) is 7.11 Å². The summed E-state index contributed by atoms with van der Waals surface area (Å²) in [5.41, 5.74) is 6.44. The van der Waals surface area contributed by atoms with Gasteiger partial charge in [-0.15, -0.1) is 0 Å². The lowest BCUT2D eigenvalue weighted by Crippen LogP contribution is -2.34. The van der Waals surface area contributed by atoms with Crippen LogP contribution in [0.1, 0.15) is 22.7 Å². The Morgan fingerprint density at radius 3 is 2.95 bits per heavy atom. The highest BCUT2D eigenvalue weighted by Gasteiger charge is 2.38. The van der Waals surface area contributed by atoms with Crippen molar-refractivity contribution >= 4 is 0 Å². The van der Waals surface area contributed by atoms with Crippen LogP contribution in [0.3, 0.4) is 0 Å². The number of benzene rings is 2. The minimum Gasteiger partial charge on any atom is -0.492 e. The van der Waals surface area contributed by atoms with Crippen LogP contribution in [-0.2, 0) is 12.8 Å². The molecule has 4 heteroatoms. The van der Waals surface area contributed by atoms with Gasteiger partial charge in [0, 0.05) is 17.2 Å². The molecular formula is C18H17NO3. The molecule has 0 aromatic heterocycles. The van der Waals surface area contributed by atoms with Gasteiger partial charge in [-0.3, -0.25) is 0 Å². The molecule has 1 atom stereocenters. The third-order valence-electron chi connectivity index (χ3n) is 4.94. The van der Waals surface area contributed by atoms with Gasteiger partial charge in [0.05, 0.1) is 7.11 Å². The van der Waals surface area contributed by atoms with E-state index >= 15 is 0 Å². The lowest BCUT2D eigenvalue weighted by Gasteiger charge is -2.35. The van der Waals surface area contributed by atoms with Crippen LogP contribution in [0.5, 0.6) is 17.2 Å². The number of ether oxygens (including phenoxy) is 3. The Hall–Kier alpha value is -2.20. The molecule has 5 rings (SSSR count). The molecule has 0 unspecified atom stereocenters. The van der Waals surface area contributed by atoms with Crippen LogP contribution in [0.4, 0.5) is 0 Å². The normalized spacial score (nSPS) is 20.3. The van der Waals surface area contributed by atoms with Crippen LogP contribution in [0.25, 0.3) is 11.1 Å². The average molecular weight is 295 g/mol. The maximum Gasteiger partial charge on any atom is 0.231 e. The molecule has 1 N–H and O–H groups in total. The Morgan fingerprint density at radius 1 is 1.18 bits per heavy atom. The molecule has 3 aliphatic rings. The number of nitrogens with one attached hydrogen (secondary N) is 1. The van der Waals surface area contributed by atoms with E-state index in [4.69, 9.17) is 14.2 Å². The largest absolute Gasteiger partial charge is 0.492 e. The van der Waals surface area contributed by atoms with E-state index in [0.717, 1.165) is 36.6 Å². The third-order valence-corrected chi connectivity index (χ3v) is 4.94. The number of fused-ring (bicyclic) bond motifs is 4. The zero-order valence-corrected chi connectivity index (χ0v) is 12.4. The van der Waals surface area contributed by atoms with E-state index < -0.39 is 0 Å². The van der Waals surface area contributed by atoms with Gasteiger partial charge < -0.3 is 19.5 Å². The Bertz CT molecular complexity index is 784. The molecule has 112 valence electrons. The maximum absolute atomic E-state index is 5.84. The van der Waals surface area contributed by atoms with Gasteiger partial charge in [-0.25, -0.2) is 0 Å². The van der Waals surface area contributed by atoms with Gasteiger partial charge >= 0.3 is 0 Å². The summed E-state index contributed by atoms with van der Waals surface area (Å²) < 4.78 is 17.3. The van der Waals surface area contributed by atoms with E-state index in [-0.39, 0.29) is 6.79 Å². The monoisotopic (exact) mass is 295 g/mol.